The molecule has 21 heavy (non-hydrogen) atoms. The molecule has 0 saturated heterocycles. The van der Waals surface area contributed by atoms with Crippen molar-refractivity contribution >= 4 is 53.4 Å². The number of nitrogens with zero attached hydrogens (tertiary/aromatic N) is 1. The summed E-state index contributed by atoms with van der Waals surface area (Å²) in [6.45, 7) is 0. The van der Waals surface area contributed by atoms with Crippen molar-refractivity contribution in [2.45, 2.75) is 0 Å². The van der Waals surface area contributed by atoms with Gasteiger partial charge in [0.05, 0.1) is 22.8 Å². The molecule has 0 amide bonds. The van der Waals surface area contributed by atoms with Gasteiger partial charge in [0.1, 0.15) is 11.3 Å². The lowest BCUT2D eigenvalue weighted by Crippen LogP contribution is -3.00. The van der Waals surface area contributed by atoms with Crippen LogP contribution in [-0.4, -0.2) is 19.2 Å². The first-order valence-corrected chi connectivity index (χ1v) is 8.17. The van der Waals surface area contributed by atoms with E-state index >= 15 is 0 Å². The first kappa shape index (κ1) is 16.9. The summed E-state index contributed by atoms with van der Waals surface area (Å²) in [7, 11) is 3.30. The van der Waals surface area contributed by atoms with Gasteiger partial charge in [0.2, 0.25) is 0 Å². The number of ether oxygens (including phenoxy) is 1. The van der Waals surface area contributed by atoms with Gasteiger partial charge in [-0.05, 0) is 18.2 Å². The van der Waals surface area contributed by atoms with Crippen molar-refractivity contribution in [1.29, 1.82) is 0 Å². The molecule has 0 saturated carbocycles. The monoisotopic (exact) mass is 493 g/mol. The maximum Gasteiger partial charge on any atom is 0.371 e. The summed E-state index contributed by atoms with van der Waals surface area (Å²) in [4.78, 5) is 5.78. The van der Waals surface area contributed by atoms with Crippen LogP contribution in [0.1, 0.15) is 0 Å². The van der Waals surface area contributed by atoms with Crippen LogP contribution < -0.4 is 27.1 Å². The Labute approximate surface area is 153 Å². The highest BCUT2D eigenvalue weighted by Crippen LogP contribution is 2.36. The predicted molar refractivity (Wildman–Crippen MR) is 90.4 cm³/mol. The molecule has 0 aromatic heterocycles. The van der Waals surface area contributed by atoms with Crippen LogP contribution in [0.4, 0.5) is 0 Å². The molecule has 0 spiro atoms. The molecule has 110 valence electrons. The summed E-state index contributed by atoms with van der Waals surface area (Å²) in [5.41, 5.74) is 2.43. The van der Waals surface area contributed by atoms with Crippen LogP contribution in [0, 0.1) is 0 Å². The molecule has 1 aromatic carbocycles. The Morgan fingerprint density at radius 3 is 2.52 bits per heavy atom. The maximum atomic E-state index is 5.42. The largest absolute Gasteiger partial charge is 1.00 e. The Kier molecular flexibility index (Phi) is 5.40. The molecule has 1 aromatic rings. The van der Waals surface area contributed by atoms with E-state index < -0.39 is 0 Å². The van der Waals surface area contributed by atoms with Gasteiger partial charge in [-0.2, -0.15) is 0 Å². The van der Waals surface area contributed by atoms with Crippen molar-refractivity contribution in [2.75, 3.05) is 14.2 Å². The van der Waals surface area contributed by atoms with Gasteiger partial charge in [-0.25, -0.2) is 4.98 Å². The van der Waals surface area contributed by atoms with Gasteiger partial charge in [0.15, 0.2) is 5.69 Å². The molecule has 0 bridgehead atoms. The fourth-order valence-electron chi connectivity index (χ4n) is 2.02. The molecule has 3 nitrogen and oxygen atoms in total. The number of hydrogen-bond acceptors (Lipinski definition) is 3. The second-order valence-corrected chi connectivity index (χ2v) is 7.04. The Bertz CT molecular complexity index is 848. The third-order valence-corrected chi connectivity index (χ3v) is 4.87. The lowest BCUT2D eigenvalue weighted by molar-refractivity contribution is -0.00000397. The zero-order valence-electron chi connectivity index (χ0n) is 11.1. The molecule has 1 heterocycles. The zero-order chi connectivity index (χ0) is 14.3. The fraction of sp³-hybridized carbons (Fsp3) is 0.143. The fourth-order valence-corrected chi connectivity index (χ4v) is 4.29. The summed E-state index contributed by atoms with van der Waals surface area (Å²) in [5.74, 6) is 0.748. The van der Waals surface area contributed by atoms with Crippen molar-refractivity contribution in [3.8, 4) is 16.3 Å². The molecule has 0 unspecified atom stereocenters. The number of methoxy groups -OCH3 is 1. The standard InChI is InChI=1S/C14H10Br2NO2S.BrH/c1-18-9-3-7(15)5-11-13(9)17-14-10(19-2)4-8(16)6-12(14)20-11;/h3-6H,1-2H3;1H/q+1;/p-1. The van der Waals surface area contributed by atoms with Crippen LogP contribution in [0.5, 0.6) is 5.75 Å². The smallest absolute Gasteiger partial charge is 0.371 e. The third kappa shape index (κ3) is 3.16. The van der Waals surface area contributed by atoms with Crippen molar-refractivity contribution < 1.29 is 21.7 Å². The summed E-state index contributed by atoms with van der Waals surface area (Å²) in [6, 6.07) is 7.92. The average Bonchev–Trinajstić information content (AvgIpc) is 2.43. The van der Waals surface area contributed by atoms with Crippen molar-refractivity contribution in [3.63, 3.8) is 0 Å². The lowest BCUT2D eigenvalue weighted by Gasteiger charge is -2.08. The first-order valence-electron chi connectivity index (χ1n) is 5.77. The van der Waals surface area contributed by atoms with Crippen LogP contribution in [0.2, 0.25) is 0 Å². The van der Waals surface area contributed by atoms with Crippen LogP contribution in [0.15, 0.2) is 37.6 Å². The van der Waals surface area contributed by atoms with Gasteiger partial charge in [-0.1, -0.05) is 31.9 Å². The molecule has 1 aliphatic heterocycles. The van der Waals surface area contributed by atoms with E-state index in [9.17, 15) is 0 Å². The molecule has 0 atom stereocenters. The second kappa shape index (κ2) is 6.73. The van der Waals surface area contributed by atoms with E-state index in [0.717, 1.165) is 40.9 Å². The second-order valence-electron chi connectivity index (χ2n) is 4.12. The van der Waals surface area contributed by atoms with Crippen molar-refractivity contribution in [2.24, 2.45) is 0 Å². The Balaban J connectivity index is 0.00000161. The van der Waals surface area contributed by atoms with E-state index in [2.05, 4.69) is 31.9 Å². The van der Waals surface area contributed by atoms with Gasteiger partial charge in [0.25, 0.3) is 7.11 Å². The van der Waals surface area contributed by atoms with Gasteiger partial charge in [-0.3, -0.25) is 4.42 Å². The minimum Gasteiger partial charge on any atom is -1.00 e. The van der Waals surface area contributed by atoms with E-state index in [1.807, 2.05) is 24.3 Å². The normalized spacial score (nSPS) is 11.7. The number of rotatable bonds is 1. The number of halogens is 3. The van der Waals surface area contributed by atoms with E-state index in [1.54, 1.807) is 25.6 Å². The van der Waals surface area contributed by atoms with Gasteiger partial charge in [0, 0.05) is 8.95 Å². The number of fused-ring (bicyclic) bond motifs is 2. The molecular weight excluding hydrogens is 486 g/mol. The van der Waals surface area contributed by atoms with E-state index in [4.69, 9.17) is 14.1 Å². The molecule has 1 aliphatic carbocycles. The third-order valence-electron chi connectivity index (χ3n) is 2.89. The number of aromatic nitrogens is 1. The average molecular weight is 496 g/mol. The molecule has 3 rings (SSSR count). The summed E-state index contributed by atoms with van der Waals surface area (Å²) in [6.07, 6.45) is 0. The van der Waals surface area contributed by atoms with Crippen LogP contribution in [0.3, 0.4) is 0 Å². The molecule has 7 heteroatoms. The maximum absolute atomic E-state index is 5.42. The van der Waals surface area contributed by atoms with E-state index in [1.165, 1.54) is 0 Å². The van der Waals surface area contributed by atoms with Crippen molar-refractivity contribution in [3.05, 3.63) is 43.1 Å². The van der Waals surface area contributed by atoms with Gasteiger partial charge in [-0.15, -0.1) is 11.3 Å². The molecule has 2 aliphatic rings. The number of hydrogen-bond donors (Lipinski definition) is 0. The lowest BCUT2D eigenvalue weighted by atomic mass is 10.2. The van der Waals surface area contributed by atoms with Crippen LogP contribution >= 0.6 is 43.2 Å². The highest BCUT2D eigenvalue weighted by atomic mass is 79.9. The topological polar surface area (TPSA) is 33.4 Å². The SMILES string of the molecule is COc1cc(Br)cc2sc3cc(Br)cc(=[O+]C)c-3nc12.[Br-]. The Morgan fingerprint density at radius 1 is 1.14 bits per heavy atom. The molecule has 0 N–H and O–H groups in total. The molecular formula is C14H10Br3NO2S. The summed E-state index contributed by atoms with van der Waals surface area (Å²) >= 11 is 8.65. The summed E-state index contributed by atoms with van der Waals surface area (Å²) < 4.78 is 13.8. The predicted octanol–water partition coefficient (Wildman–Crippen LogP) is 1.46. The van der Waals surface area contributed by atoms with Gasteiger partial charge < -0.3 is 21.7 Å². The van der Waals surface area contributed by atoms with Gasteiger partial charge >= 0.3 is 5.43 Å². The van der Waals surface area contributed by atoms with E-state index in [-0.39, 0.29) is 17.0 Å². The quantitative estimate of drug-likeness (QED) is 0.378. The highest BCUT2D eigenvalue weighted by molar-refractivity contribution is 9.10. The number of benzene rings is 2. The Morgan fingerprint density at radius 2 is 1.86 bits per heavy atom. The minimum absolute atomic E-state index is 0. The molecule has 0 radical (unpaired) electrons. The molecule has 0 fully saturated rings. The Hall–Kier alpha value is -0.500. The van der Waals surface area contributed by atoms with Crippen molar-refractivity contribution in [1.82, 2.24) is 4.98 Å². The first-order chi connectivity index (χ1) is 9.62. The van der Waals surface area contributed by atoms with E-state index in [0.29, 0.717) is 0 Å². The zero-order valence-corrected chi connectivity index (χ0v) is 16.7. The van der Waals surface area contributed by atoms with Crippen LogP contribution in [-0.2, 0) is 0 Å². The summed E-state index contributed by atoms with van der Waals surface area (Å²) in [5, 5.41) is 0. The van der Waals surface area contributed by atoms with Crippen LogP contribution in [0.25, 0.3) is 20.8 Å². The highest BCUT2D eigenvalue weighted by Gasteiger charge is 2.18. The minimum atomic E-state index is 0.